The third kappa shape index (κ3) is 14.9. The molecule has 0 aliphatic rings. The van der Waals surface area contributed by atoms with E-state index >= 15 is 0 Å². The zero-order valence-corrected chi connectivity index (χ0v) is 17.1. The highest BCUT2D eigenvalue weighted by Crippen LogP contribution is 2.07. The molecule has 0 aromatic heterocycles. The van der Waals surface area contributed by atoms with Gasteiger partial charge in [-0.3, -0.25) is 14.5 Å². The average Bonchev–Trinajstić information content (AvgIpc) is 2.58. The van der Waals surface area contributed by atoms with Gasteiger partial charge < -0.3 is 10.4 Å². The van der Waals surface area contributed by atoms with Crippen molar-refractivity contribution in [2.75, 3.05) is 20.6 Å². The molecule has 0 fully saturated rings. The monoisotopic (exact) mass is 368 g/mol. The Balaban J connectivity index is 3.48. The Labute approximate surface area is 160 Å². The molecule has 0 heterocycles. The largest absolute Gasteiger partial charge is 0.480 e. The smallest absolute Gasteiger partial charge is 0.320 e. The SMILES string of the molecule is CCCCC/C=C/CCCCCC(=O)NCCCC[C@@H](C(=O)O)N(C)C. The van der Waals surface area contributed by atoms with Crippen molar-refractivity contribution in [2.45, 2.75) is 90.0 Å². The van der Waals surface area contributed by atoms with Gasteiger partial charge in [0, 0.05) is 13.0 Å². The Morgan fingerprint density at radius 2 is 1.62 bits per heavy atom. The summed E-state index contributed by atoms with van der Waals surface area (Å²) in [6.07, 6.45) is 16.8. The topological polar surface area (TPSA) is 69.6 Å². The fraction of sp³-hybridized carbons (Fsp3) is 0.810. The number of hydrogen-bond donors (Lipinski definition) is 2. The first kappa shape index (κ1) is 24.6. The minimum absolute atomic E-state index is 0.113. The Morgan fingerprint density at radius 1 is 0.962 bits per heavy atom. The summed E-state index contributed by atoms with van der Waals surface area (Å²) in [5.41, 5.74) is 0. The van der Waals surface area contributed by atoms with Crippen molar-refractivity contribution in [3.63, 3.8) is 0 Å². The number of nitrogens with zero attached hydrogens (tertiary/aromatic N) is 1. The van der Waals surface area contributed by atoms with E-state index in [0.717, 1.165) is 38.5 Å². The fourth-order valence-corrected chi connectivity index (χ4v) is 2.85. The highest BCUT2D eigenvalue weighted by molar-refractivity contribution is 5.75. The van der Waals surface area contributed by atoms with Crippen LogP contribution in [0, 0.1) is 0 Å². The van der Waals surface area contributed by atoms with Crippen LogP contribution < -0.4 is 5.32 Å². The van der Waals surface area contributed by atoms with Crippen molar-refractivity contribution in [3.05, 3.63) is 12.2 Å². The molecule has 0 bridgehead atoms. The first-order valence-electron chi connectivity index (χ1n) is 10.3. The molecule has 1 atom stereocenters. The molecule has 26 heavy (non-hydrogen) atoms. The highest BCUT2D eigenvalue weighted by atomic mass is 16.4. The maximum atomic E-state index is 11.8. The van der Waals surface area contributed by atoms with Crippen LogP contribution in [0.4, 0.5) is 0 Å². The zero-order chi connectivity index (χ0) is 19.6. The van der Waals surface area contributed by atoms with E-state index in [0.29, 0.717) is 19.4 Å². The number of hydrogen-bond acceptors (Lipinski definition) is 3. The molecular weight excluding hydrogens is 328 g/mol. The van der Waals surface area contributed by atoms with Crippen molar-refractivity contribution >= 4 is 11.9 Å². The van der Waals surface area contributed by atoms with E-state index in [1.807, 2.05) is 0 Å². The highest BCUT2D eigenvalue weighted by Gasteiger charge is 2.18. The predicted octanol–water partition coefficient (Wildman–Crippen LogP) is 4.37. The molecule has 0 saturated carbocycles. The molecule has 5 nitrogen and oxygen atoms in total. The summed E-state index contributed by atoms with van der Waals surface area (Å²) in [5.74, 6) is -0.669. The molecular formula is C21H40N2O3. The fourth-order valence-electron chi connectivity index (χ4n) is 2.85. The first-order valence-corrected chi connectivity index (χ1v) is 10.3. The van der Waals surface area contributed by atoms with Crippen LogP contribution in [0.25, 0.3) is 0 Å². The maximum Gasteiger partial charge on any atom is 0.320 e. The molecule has 0 aliphatic heterocycles. The summed E-state index contributed by atoms with van der Waals surface area (Å²) in [4.78, 5) is 24.6. The number of unbranched alkanes of at least 4 members (excludes halogenated alkanes) is 7. The Hall–Kier alpha value is -1.36. The molecule has 0 aliphatic carbocycles. The van der Waals surface area contributed by atoms with E-state index < -0.39 is 12.0 Å². The Morgan fingerprint density at radius 3 is 2.19 bits per heavy atom. The number of aliphatic carboxylic acids is 1. The molecule has 0 aromatic carbocycles. The third-order valence-corrected chi connectivity index (χ3v) is 4.55. The van der Waals surface area contributed by atoms with E-state index in [9.17, 15) is 9.59 Å². The normalized spacial score (nSPS) is 12.6. The number of likely N-dealkylation sites (N-methyl/N-ethyl adjacent to an activating group) is 1. The summed E-state index contributed by atoms with van der Waals surface area (Å²) in [7, 11) is 3.56. The number of rotatable bonds is 17. The van der Waals surface area contributed by atoms with Gasteiger partial charge in [-0.25, -0.2) is 0 Å². The number of carbonyl (C=O) groups is 2. The van der Waals surface area contributed by atoms with Crippen molar-refractivity contribution in [1.82, 2.24) is 10.2 Å². The number of amides is 1. The van der Waals surface area contributed by atoms with Gasteiger partial charge in [0.05, 0.1) is 0 Å². The van der Waals surface area contributed by atoms with Crippen LogP contribution in [0.3, 0.4) is 0 Å². The van der Waals surface area contributed by atoms with Gasteiger partial charge in [-0.05, 0) is 65.5 Å². The molecule has 0 unspecified atom stereocenters. The second kappa shape index (κ2) is 17.1. The van der Waals surface area contributed by atoms with Crippen LogP contribution in [0.2, 0.25) is 0 Å². The van der Waals surface area contributed by atoms with Crippen molar-refractivity contribution < 1.29 is 14.7 Å². The van der Waals surface area contributed by atoms with Gasteiger partial charge in [-0.15, -0.1) is 0 Å². The van der Waals surface area contributed by atoms with Crippen molar-refractivity contribution in [2.24, 2.45) is 0 Å². The van der Waals surface area contributed by atoms with E-state index in [1.54, 1.807) is 19.0 Å². The van der Waals surface area contributed by atoms with Crippen molar-refractivity contribution in [3.8, 4) is 0 Å². The minimum atomic E-state index is -0.783. The van der Waals surface area contributed by atoms with Crippen LogP contribution >= 0.6 is 0 Å². The standard InChI is InChI=1S/C21H40N2O3/c1-4-5-6-7-8-9-10-11-12-13-17-20(24)22-18-15-14-16-19(21(25)26)23(2)3/h8-9,19H,4-7,10-18H2,1-3H3,(H,22,24)(H,25,26)/b9-8+/t19-/m0/s1. The van der Waals surface area contributed by atoms with E-state index in [1.165, 1.54) is 25.7 Å². The lowest BCUT2D eigenvalue weighted by Gasteiger charge is -2.19. The lowest BCUT2D eigenvalue weighted by Crippen LogP contribution is -2.35. The molecule has 2 N–H and O–H groups in total. The van der Waals surface area contributed by atoms with E-state index in [-0.39, 0.29) is 5.91 Å². The van der Waals surface area contributed by atoms with Gasteiger partial charge in [0.2, 0.25) is 5.91 Å². The summed E-state index contributed by atoms with van der Waals surface area (Å²) < 4.78 is 0. The molecule has 0 saturated heterocycles. The second-order valence-electron chi connectivity index (χ2n) is 7.23. The number of carboxylic acids is 1. The van der Waals surface area contributed by atoms with Crippen LogP contribution in [0.1, 0.15) is 84.0 Å². The maximum absolute atomic E-state index is 11.8. The molecule has 0 radical (unpaired) electrons. The predicted molar refractivity (Wildman–Crippen MR) is 108 cm³/mol. The van der Waals surface area contributed by atoms with Crippen LogP contribution in [-0.2, 0) is 9.59 Å². The summed E-state index contributed by atoms with van der Waals surface area (Å²) in [5, 5.41) is 12.0. The van der Waals surface area contributed by atoms with E-state index in [2.05, 4.69) is 24.4 Å². The lowest BCUT2D eigenvalue weighted by atomic mass is 10.1. The van der Waals surface area contributed by atoms with Gasteiger partial charge in [0.25, 0.3) is 0 Å². The Bertz CT molecular complexity index is 395. The lowest BCUT2D eigenvalue weighted by molar-refractivity contribution is -0.142. The third-order valence-electron chi connectivity index (χ3n) is 4.55. The second-order valence-corrected chi connectivity index (χ2v) is 7.23. The molecule has 5 heteroatoms. The number of nitrogens with one attached hydrogen (secondary N) is 1. The molecule has 0 aromatic rings. The first-order chi connectivity index (χ1) is 12.5. The molecule has 0 spiro atoms. The number of carboxylic acid groups (broad SMARTS) is 1. The summed E-state index contributed by atoms with van der Waals surface area (Å²) >= 11 is 0. The minimum Gasteiger partial charge on any atom is -0.480 e. The van der Waals surface area contributed by atoms with Gasteiger partial charge in [-0.1, -0.05) is 38.3 Å². The van der Waals surface area contributed by atoms with Gasteiger partial charge >= 0.3 is 5.97 Å². The Kier molecular flexibility index (Phi) is 16.2. The molecule has 1 amide bonds. The molecule has 152 valence electrons. The molecule has 0 rings (SSSR count). The quantitative estimate of drug-likeness (QED) is 0.295. The van der Waals surface area contributed by atoms with E-state index in [4.69, 9.17) is 5.11 Å². The summed E-state index contributed by atoms with van der Waals surface area (Å²) in [6.45, 7) is 2.86. The van der Waals surface area contributed by atoms with Crippen LogP contribution in [-0.4, -0.2) is 48.6 Å². The van der Waals surface area contributed by atoms with Gasteiger partial charge in [0.15, 0.2) is 0 Å². The summed E-state index contributed by atoms with van der Waals surface area (Å²) in [6, 6.07) is -0.439. The van der Waals surface area contributed by atoms with Gasteiger partial charge in [-0.2, -0.15) is 0 Å². The van der Waals surface area contributed by atoms with Crippen molar-refractivity contribution in [1.29, 1.82) is 0 Å². The number of carbonyl (C=O) groups excluding carboxylic acids is 1. The zero-order valence-electron chi connectivity index (χ0n) is 17.1. The average molecular weight is 369 g/mol. The van der Waals surface area contributed by atoms with Crippen LogP contribution in [0.5, 0.6) is 0 Å². The van der Waals surface area contributed by atoms with Crippen LogP contribution in [0.15, 0.2) is 12.2 Å². The number of allylic oxidation sites excluding steroid dienone is 2. The van der Waals surface area contributed by atoms with Gasteiger partial charge in [0.1, 0.15) is 6.04 Å².